The van der Waals surface area contributed by atoms with Crippen LogP contribution in [0, 0.1) is 0 Å². The summed E-state index contributed by atoms with van der Waals surface area (Å²) in [4.78, 5) is 25.0. The van der Waals surface area contributed by atoms with Crippen molar-refractivity contribution in [2.75, 3.05) is 18.4 Å². The van der Waals surface area contributed by atoms with E-state index in [4.69, 9.17) is 34.0 Å². The number of nitrogens with one attached hydrogen (secondary N) is 1. The van der Waals surface area contributed by atoms with E-state index in [1.807, 2.05) is 0 Å². The Bertz CT molecular complexity index is 783. The Morgan fingerprint density at radius 1 is 1.12 bits per heavy atom. The molecule has 2 amide bonds. The van der Waals surface area contributed by atoms with E-state index in [-0.39, 0.29) is 24.7 Å². The number of nitrogens with two attached hydrogens (primary N) is 1. The summed E-state index contributed by atoms with van der Waals surface area (Å²) in [6, 6.07) is 10.8. The number of hydrogen-bond acceptors (Lipinski definition) is 3. The number of nitrogens with zero attached hydrogens (tertiary/aromatic N) is 1. The largest absolute Gasteiger partial charge is 0.478 e. The molecule has 4 N–H and O–H groups in total. The number of halogens is 2. The molecule has 6 nitrogen and oxygen atoms in total. The van der Waals surface area contributed by atoms with Crippen molar-refractivity contribution in [3.05, 3.63) is 63.6 Å². The number of hydrogen-bond donors (Lipinski definition) is 3. The van der Waals surface area contributed by atoms with Crippen molar-refractivity contribution < 1.29 is 14.7 Å². The van der Waals surface area contributed by atoms with E-state index in [2.05, 4.69) is 5.32 Å². The lowest BCUT2D eigenvalue weighted by atomic mass is 10.1. The lowest BCUT2D eigenvalue weighted by molar-refractivity contribution is 0.0696. The number of amides is 2. The highest BCUT2D eigenvalue weighted by Crippen LogP contribution is 2.25. The molecule has 0 aliphatic carbocycles. The van der Waals surface area contributed by atoms with Crippen molar-refractivity contribution in [2.45, 2.75) is 6.54 Å². The van der Waals surface area contributed by atoms with Gasteiger partial charge in [-0.3, -0.25) is 0 Å². The molecule has 0 spiro atoms. The Labute approximate surface area is 155 Å². The number of anilines is 1. The van der Waals surface area contributed by atoms with Crippen molar-refractivity contribution in [3.8, 4) is 0 Å². The fourth-order valence-electron chi connectivity index (χ4n) is 2.21. The maximum absolute atomic E-state index is 12.5. The molecule has 2 aromatic carbocycles. The zero-order valence-corrected chi connectivity index (χ0v) is 14.7. The van der Waals surface area contributed by atoms with Gasteiger partial charge in [0.1, 0.15) is 0 Å². The summed E-state index contributed by atoms with van der Waals surface area (Å²) in [5.74, 6) is -1.02. The molecule has 0 fully saturated rings. The number of carbonyl (C=O) groups excluding carboxylic acids is 1. The van der Waals surface area contributed by atoms with Crippen LogP contribution < -0.4 is 11.1 Å². The van der Waals surface area contributed by atoms with Gasteiger partial charge in [-0.2, -0.15) is 0 Å². The number of benzene rings is 2. The highest BCUT2D eigenvalue weighted by atomic mass is 35.5. The molecular formula is C17H17Cl2N3O3. The number of carbonyl (C=O) groups is 2. The van der Waals surface area contributed by atoms with Crippen LogP contribution in [-0.2, 0) is 6.54 Å². The second kappa shape index (κ2) is 8.71. The van der Waals surface area contributed by atoms with Gasteiger partial charge in [-0.1, -0.05) is 35.3 Å². The van der Waals surface area contributed by atoms with Crippen molar-refractivity contribution >= 4 is 40.9 Å². The summed E-state index contributed by atoms with van der Waals surface area (Å²) in [6.45, 7) is 0.809. The molecule has 0 aromatic heterocycles. The van der Waals surface area contributed by atoms with Gasteiger partial charge in [0.25, 0.3) is 0 Å². The van der Waals surface area contributed by atoms with Crippen LogP contribution in [0.15, 0.2) is 42.5 Å². The summed E-state index contributed by atoms with van der Waals surface area (Å²) in [7, 11) is 0. The summed E-state index contributed by atoms with van der Waals surface area (Å²) in [6.07, 6.45) is 0. The van der Waals surface area contributed by atoms with Crippen LogP contribution in [0.5, 0.6) is 0 Å². The molecule has 0 aliphatic rings. The molecule has 0 saturated heterocycles. The Morgan fingerprint density at radius 2 is 1.88 bits per heavy atom. The summed E-state index contributed by atoms with van der Waals surface area (Å²) >= 11 is 11.8. The second-order valence-electron chi connectivity index (χ2n) is 5.27. The first-order valence-electron chi connectivity index (χ1n) is 7.44. The zero-order valence-electron chi connectivity index (χ0n) is 13.2. The predicted octanol–water partition coefficient (Wildman–Crippen LogP) is 3.68. The molecule has 0 bridgehead atoms. The topological polar surface area (TPSA) is 95.7 Å². The van der Waals surface area contributed by atoms with Crippen LogP contribution in [-0.4, -0.2) is 35.1 Å². The molecule has 2 aromatic rings. The minimum absolute atomic E-state index is 0.162. The molecule has 0 unspecified atom stereocenters. The summed E-state index contributed by atoms with van der Waals surface area (Å²) < 4.78 is 0. The van der Waals surface area contributed by atoms with Crippen molar-refractivity contribution in [1.82, 2.24) is 4.90 Å². The highest BCUT2D eigenvalue weighted by molar-refractivity contribution is 6.42. The van der Waals surface area contributed by atoms with Crippen LogP contribution in [0.2, 0.25) is 10.0 Å². The summed E-state index contributed by atoms with van der Waals surface area (Å²) in [5.41, 5.74) is 6.94. The van der Waals surface area contributed by atoms with Crippen LogP contribution in [0.25, 0.3) is 0 Å². The fourth-order valence-corrected chi connectivity index (χ4v) is 2.51. The average molecular weight is 382 g/mol. The number of carboxylic acid groups (broad SMARTS) is 1. The number of rotatable bonds is 6. The van der Waals surface area contributed by atoms with Gasteiger partial charge in [-0.05, 0) is 35.9 Å². The number of aromatic carboxylic acids is 1. The first kappa shape index (κ1) is 19.1. The maximum Gasteiger partial charge on any atom is 0.335 e. The third-order valence-electron chi connectivity index (χ3n) is 3.40. The molecule has 0 heterocycles. The van der Waals surface area contributed by atoms with E-state index < -0.39 is 5.97 Å². The van der Waals surface area contributed by atoms with Gasteiger partial charge in [-0.15, -0.1) is 0 Å². The lowest BCUT2D eigenvalue weighted by Gasteiger charge is -2.23. The molecule has 0 radical (unpaired) electrons. The predicted molar refractivity (Wildman–Crippen MR) is 98.3 cm³/mol. The Hall–Kier alpha value is -2.28. The van der Waals surface area contributed by atoms with Gasteiger partial charge in [0.15, 0.2) is 0 Å². The normalized spacial score (nSPS) is 10.4. The molecule has 0 atom stereocenters. The number of urea groups is 1. The molecular weight excluding hydrogens is 365 g/mol. The molecule has 8 heteroatoms. The quantitative estimate of drug-likeness (QED) is 0.710. The molecule has 132 valence electrons. The second-order valence-corrected chi connectivity index (χ2v) is 6.09. The Morgan fingerprint density at radius 3 is 2.52 bits per heavy atom. The third-order valence-corrected chi connectivity index (χ3v) is 4.14. The SMILES string of the molecule is NCCN(Cc1cccc(C(=O)O)c1)C(=O)Nc1ccc(Cl)c(Cl)c1. The minimum Gasteiger partial charge on any atom is -0.478 e. The van der Waals surface area contributed by atoms with Crippen LogP contribution in [0.1, 0.15) is 15.9 Å². The highest BCUT2D eigenvalue weighted by Gasteiger charge is 2.15. The lowest BCUT2D eigenvalue weighted by Crippen LogP contribution is -2.38. The van der Waals surface area contributed by atoms with E-state index >= 15 is 0 Å². The van der Waals surface area contributed by atoms with Crippen molar-refractivity contribution in [1.29, 1.82) is 0 Å². The number of carboxylic acids is 1. The van der Waals surface area contributed by atoms with Crippen molar-refractivity contribution in [3.63, 3.8) is 0 Å². The molecule has 2 rings (SSSR count). The van der Waals surface area contributed by atoms with Gasteiger partial charge >= 0.3 is 12.0 Å². The van der Waals surface area contributed by atoms with Gasteiger partial charge in [0.2, 0.25) is 0 Å². The van der Waals surface area contributed by atoms with Gasteiger partial charge in [0, 0.05) is 25.3 Å². The Balaban J connectivity index is 2.13. The minimum atomic E-state index is -1.02. The van der Waals surface area contributed by atoms with Gasteiger partial charge in [0.05, 0.1) is 15.6 Å². The van der Waals surface area contributed by atoms with E-state index in [9.17, 15) is 9.59 Å². The Kier molecular flexibility index (Phi) is 6.64. The van der Waals surface area contributed by atoms with E-state index in [1.54, 1.807) is 30.3 Å². The zero-order chi connectivity index (χ0) is 18.4. The smallest absolute Gasteiger partial charge is 0.335 e. The molecule has 0 saturated carbocycles. The van der Waals surface area contributed by atoms with E-state index in [0.717, 1.165) is 0 Å². The molecule has 25 heavy (non-hydrogen) atoms. The standard InChI is InChI=1S/C17H17Cl2N3O3/c18-14-5-4-13(9-15(14)19)21-17(25)22(7-6-20)10-11-2-1-3-12(8-11)16(23)24/h1-5,8-9H,6-7,10,20H2,(H,21,25)(H,23,24). The van der Waals surface area contributed by atoms with Gasteiger partial charge in [-0.25, -0.2) is 9.59 Å². The molecule has 0 aliphatic heterocycles. The van der Waals surface area contributed by atoms with Gasteiger partial charge < -0.3 is 21.1 Å². The maximum atomic E-state index is 12.5. The average Bonchev–Trinajstić information content (AvgIpc) is 2.58. The fraction of sp³-hybridized carbons (Fsp3) is 0.176. The first-order chi connectivity index (χ1) is 11.9. The van der Waals surface area contributed by atoms with E-state index in [0.29, 0.717) is 27.8 Å². The first-order valence-corrected chi connectivity index (χ1v) is 8.19. The monoisotopic (exact) mass is 381 g/mol. The van der Waals surface area contributed by atoms with E-state index in [1.165, 1.54) is 17.0 Å². The van der Waals surface area contributed by atoms with Crippen LogP contribution >= 0.6 is 23.2 Å². The van der Waals surface area contributed by atoms with Crippen LogP contribution in [0.3, 0.4) is 0 Å². The van der Waals surface area contributed by atoms with Crippen molar-refractivity contribution in [2.24, 2.45) is 5.73 Å². The third kappa shape index (κ3) is 5.35. The summed E-state index contributed by atoms with van der Waals surface area (Å²) in [5, 5.41) is 12.5. The van der Waals surface area contributed by atoms with Crippen LogP contribution in [0.4, 0.5) is 10.5 Å².